The van der Waals surface area contributed by atoms with E-state index in [9.17, 15) is 4.79 Å². The number of nitrogens with zero attached hydrogens (tertiary/aromatic N) is 4. The zero-order valence-corrected chi connectivity index (χ0v) is 17.8. The van der Waals surface area contributed by atoms with Gasteiger partial charge in [-0.1, -0.05) is 6.07 Å². The van der Waals surface area contributed by atoms with Crippen LogP contribution in [-0.2, 0) is 17.7 Å². The molecular weight excluding hydrogens is 394 g/mol. The van der Waals surface area contributed by atoms with Crippen molar-refractivity contribution in [3.8, 4) is 0 Å². The second-order valence-corrected chi connectivity index (χ2v) is 9.09. The molecule has 0 aromatic carbocycles. The highest BCUT2D eigenvalue weighted by Gasteiger charge is 2.39. The molecule has 31 heavy (non-hydrogen) atoms. The molecule has 1 unspecified atom stereocenters. The molecular formula is C23H25N5O3. The fourth-order valence-electron chi connectivity index (χ4n) is 4.41. The number of carbonyl (C=O) groups is 1. The van der Waals surface area contributed by atoms with Gasteiger partial charge in [0.25, 0.3) is 5.91 Å². The monoisotopic (exact) mass is 419 g/mol. The van der Waals surface area contributed by atoms with Crippen LogP contribution in [0.2, 0.25) is 0 Å². The number of fused-ring (bicyclic) bond motifs is 2. The van der Waals surface area contributed by atoms with Gasteiger partial charge in [-0.2, -0.15) is 0 Å². The first kappa shape index (κ1) is 18.7. The second kappa shape index (κ2) is 6.75. The van der Waals surface area contributed by atoms with E-state index in [2.05, 4.69) is 28.3 Å². The smallest absolute Gasteiger partial charge is 0.258 e. The first-order valence-corrected chi connectivity index (χ1v) is 10.9. The third-order valence-corrected chi connectivity index (χ3v) is 6.68. The Hall–Kier alpha value is -3.00. The first-order chi connectivity index (χ1) is 15.0. The molecule has 1 saturated heterocycles. The molecule has 3 aliphatic rings. The van der Waals surface area contributed by atoms with Gasteiger partial charge in [0, 0.05) is 37.2 Å². The zero-order chi connectivity index (χ0) is 21.2. The zero-order valence-electron chi connectivity index (χ0n) is 17.8. The number of ether oxygens (including phenoxy) is 1. The van der Waals surface area contributed by atoms with Crippen LogP contribution in [0.3, 0.4) is 0 Å². The summed E-state index contributed by atoms with van der Waals surface area (Å²) in [6, 6.07) is 4.12. The summed E-state index contributed by atoms with van der Waals surface area (Å²) in [6.07, 6.45) is 5.55. The van der Waals surface area contributed by atoms with Crippen LogP contribution in [0, 0.1) is 6.92 Å². The molecule has 2 aliphatic heterocycles. The van der Waals surface area contributed by atoms with Crippen LogP contribution in [0.15, 0.2) is 22.9 Å². The predicted octanol–water partition coefficient (Wildman–Crippen LogP) is 3.55. The van der Waals surface area contributed by atoms with Gasteiger partial charge in [0.2, 0.25) is 5.71 Å². The van der Waals surface area contributed by atoms with E-state index in [0.717, 1.165) is 49.2 Å². The summed E-state index contributed by atoms with van der Waals surface area (Å²) in [5.41, 5.74) is 4.20. The molecule has 1 aliphatic carbocycles. The van der Waals surface area contributed by atoms with Crippen LogP contribution >= 0.6 is 0 Å². The van der Waals surface area contributed by atoms with Crippen LogP contribution in [-0.4, -0.2) is 44.4 Å². The van der Waals surface area contributed by atoms with Gasteiger partial charge >= 0.3 is 0 Å². The largest absolute Gasteiger partial charge is 0.442 e. The van der Waals surface area contributed by atoms with Gasteiger partial charge in [0.15, 0.2) is 0 Å². The Labute approximate surface area is 180 Å². The molecule has 6 rings (SSSR count). The Balaban J connectivity index is 1.31. The lowest BCUT2D eigenvalue weighted by molar-refractivity contribution is -0.0554. The number of carbonyl (C=O) groups excluding carboxylic acids is 1. The molecule has 8 heteroatoms. The molecule has 160 valence electrons. The summed E-state index contributed by atoms with van der Waals surface area (Å²) < 4.78 is 11.4. The minimum absolute atomic E-state index is 0.0321. The van der Waals surface area contributed by atoms with Gasteiger partial charge in [-0.05, 0) is 38.3 Å². The lowest BCUT2D eigenvalue weighted by atomic mass is 10.0. The van der Waals surface area contributed by atoms with Crippen molar-refractivity contribution in [2.75, 3.05) is 18.5 Å². The molecule has 0 radical (unpaired) electrons. The lowest BCUT2D eigenvalue weighted by Gasteiger charge is -2.30. The Bertz CT molecular complexity index is 1200. The van der Waals surface area contributed by atoms with Crippen molar-refractivity contribution in [1.29, 1.82) is 0 Å². The summed E-state index contributed by atoms with van der Waals surface area (Å²) in [5.74, 6) is 1.20. The van der Waals surface area contributed by atoms with Crippen LogP contribution in [0.1, 0.15) is 65.4 Å². The Morgan fingerprint density at radius 1 is 1.29 bits per heavy atom. The lowest BCUT2D eigenvalue weighted by Crippen LogP contribution is -2.37. The maximum Gasteiger partial charge on any atom is 0.258 e. The van der Waals surface area contributed by atoms with E-state index in [1.807, 2.05) is 17.9 Å². The summed E-state index contributed by atoms with van der Waals surface area (Å²) >= 11 is 0. The standard InChI is InChI=1S/C23H25N5O3/c1-13-18(19-20(27-23(2)7-8-23)24-12-25-21(19)31-13)22(29)28-9-5-15-14(11-28)3-4-16(26-15)17-6-10-30-17/h3-4,12,17H,5-11H2,1-2H3,(H,24,25,27). The molecule has 0 bridgehead atoms. The van der Waals surface area contributed by atoms with E-state index in [0.29, 0.717) is 41.3 Å². The predicted molar refractivity (Wildman–Crippen MR) is 114 cm³/mol. The average molecular weight is 419 g/mol. The minimum Gasteiger partial charge on any atom is -0.442 e. The van der Waals surface area contributed by atoms with Gasteiger partial charge in [0.05, 0.1) is 23.3 Å². The van der Waals surface area contributed by atoms with Gasteiger partial charge < -0.3 is 19.4 Å². The fraction of sp³-hybridized carbons (Fsp3) is 0.478. The fourth-order valence-corrected chi connectivity index (χ4v) is 4.41. The highest BCUT2D eigenvalue weighted by Crippen LogP contribution is 2.40. The van der Waals surface area contributed by atoms with E-state index in [1.54, 1.807) is 0 Å². The number of amides is 1. The molecule has 1 saturated carbocycles. The van der Waals surface area contributed by atoms with E-state index < -0.39 is 0 Å². The molecule has 3 aromatic rings. The summed E-state index contributed by atoms with van der Waals surface area (Å²) in [7, 11) is 0. The Kier molecular flexibility index (Phi) is 4.08. The normalized spacial score (nSPS) is 21.5. The van der Waals surface area contributed by atoms with Crippen molar-refractivity contribution in [2.45, 2.75) is 57.7 Å². The third kappa shape index (κ3) is 3.17. The maximum atomic E-state index is 13.6. The first-order valence-electron chi connectivity index (χ1n) is 10.9. The molecule has 8 nitrogen and oxygen atoms in total. The molecule has 3 aromatic heterocycles. The van der Waals surface area contributed by atoms with Crippen molar-refractivity contribution in [1.82, 2.24) is 19.9 Å². The van der Waals surface area contributed by atoms with E-state index in [4.69, 9.17) is 14.1 Å². The number of aromatic nitrogens is 3. The number of hydrogen-bond acceptors (Lipinski definition) is 7. The summed E-state index contributed by atoms with van der Waals surface area (Å²) in [4.78, 5) is 29.0. The van der Waals surface area contributed by atoms with Crippen molar-refractivity contribution in [3.63, 3.8) is 0 Å². The third-order valence-electron chi connectivity index (χ3n) is 6.68. The average Bonchev–Trinajstić information content (AvgIpc) is 3.34. The maximum absolute atomic E-state index is 13.6. The molecule has 5 heterocycles. The van der Waals surface area contributed by atoms with Crippen LogP contribution < -0.4 is 5.32 Å². The minimum atomic E-state index is -0.0490. The number of hydrogen-bond donors (Lipinski definition) is 1. The molecule has 1 atom stereocenters. The molecule has 1 amide bonds. The number of furan rings is 1. The highest BCUT2D eigenvalue weighted by atomic mass is 16.5. The number of nitrogens with one attached hydrogen (secondary N) is 1. The topological polar surface area (TPSA) is 93.4 Å². The van der Waals surface area contributed by atoms with Crippen LogP contribution in [0.4, 0.5) is 5.82 Å². The van der Waals surface area contributed by atoms with Gasteiger partial charge in [0.1, 0.15) is 24.0 Å². The van der Waals surface area contributed by atoms with E-state index >= 15 is 0 Å². The van der Waals surface area contributed by atoms with Gasteiger partial charge in [-0.25, -0.2) is 9.97 Å². The van der Waals surface area contributed by atoms with Crippen LogP contribution in [0.25, 0.3) is 11.1 Å². The SMILES string of the molecule is Cc1oc2ncnc(NC3(C)CC3)c2c1C(=O)N1CCc2nc(C3CCO3)ccc2C1. The molecule has 0 spiro atoms. The van der Waals surface area contributed by atoms with E-state index in [1.165, 1.54) is 6.33 Å². The van der Waals surface area contributed by atoms with Crippen molar-refractivity contribution in [3.05, 3.63) is 46.7 Å². The van der Waals surface area contributed by atoms with Crippen molar-refractivity contribution < 1.29 is 13.9 Å². The molecule has 1 N–H and O–H groups in total. The highest BCUT2D eigenvalue weighted by molar-refractivity contribution is 6.10. The van der Waals surface area contributed by atoms with Crippen molar-refractivity contribution in [2.24, 2.45) is 0 Å². The van der Waals surface area contributed by atoms with Crippen molar-refractivity contribution >= 4 is 22.8 Å². The Morgan fingerprint density at radius 2 is 2.13 bits per heavy atom. The number of aryl methyl sites for hydroxylation is 1. The quantitative estimate of drug-likeness (QED) is 0.691. The van der Waals surface area contributed by atoms with Crippen LogP contribution in [0.5, 0.6) is 0 Å². The number of anilines is 1. The second-order valence-electron chi connectivity index (χ2n) is 9.09. The molecule has 2 fully saturated rings. The Morgan fingerprint density at radius 3 is 2.87 bits per heavy atom. The van der Waals surface area contributed by atoms with Gasteiger partial charge in [-0.15, -0.1) is 0 Å². The number of rotatable bonds is 4. The number of pyridine rings is 1. The van der Waals surface area contributed by atoms with Gasteiger partial charge in [-0.3, -0.25) is 9.78 Å². The van der Waals surface area contributed by atoms with E-state index in [-0.39, 0.29) is 17.6 Å². The summed E-state index contributed by atoms with van der Waals surface area (Å²) in [5, 5.41) is 4.17. The summed E-state index contributed by atoms with van der Waals surface area (Å²) in [6.45, 7) is 5.94.